The molecule has 3 aromatic heterocycles. The molecular formula is C24H28N6O2. The fraction of sp³-hybridized carbons (Fsp3) is 0.417. The van der Waals surface area contributed by atoms with E-state index in [0.29, 0.717) is 17.8 Å². The van der Waals surface area contributed by atoms with Crippen molar-refractivity contribution in [3.8, 4) is 0 Å². The zero-order chi connectivity index (χ0) is 22.4. The summed E-state index contributed by atoms with van der Waals surface area (Å²) in [5.74, 6) is 0. The molecule has 1 aliphatic heterocycles. The molecule has 0 aliphatic carbocycles. The van der Waals surface area contributed by atoms with Crippen LogP contribution in [0.3, 0.4) is 0 Å². The van der Waals surface area contributed by atoms with E-state index in [0.717, 1.165) is 41.7 Å². The first-order valence-electron chi connectivity index (χ1n) is 11.0. The lowest BCUT2D eigenvalue weighted by Gasteiger charge is -2.35. The molecule has 8 nitrogen and oxygen atoms in total. The van der Waals surface area contributed by atoms with Crippen LogP contribution in [0, 0.1) is 13.8 Å². The first-order chi connectivity index (χ1) is 15.4. The zero-order valence-electron chi connectivity index (χ0n) is 18.9. The highest BCUT2D eigenvalue weighted by Crippen LogP contribution is 2.21. The zero-order valence-corrected chi connectivity index (χ0v) is 18.9. The van der Waals surface area contributed by atoms with Gasteiger partial charge in [0.25, 0.3) is 0 Å². The van der Waals surface area contributed by atoms with Gasteiger partial charge in [-0.1, -0.05) is 23.8 Å². The van der Waals surface area contributed by atoms with Gasteiger partial charge in [0.05, 0.1) is 24.1 Å². The van der Waals surface area contributed by atoms with Crippen LogP contribution in [0.4, 0.5) is 0 Å². The minimum atomic E-state index is -0.235. The van der Waals surface area contributed by atoms with Gasteiger partial charge in [-0.05, 0) is 50.5 Å². The highest BCUT2D eigenvalue weighted by Gasteiger charge is 2.23. The summed E-state index contributed by atoms with van der Waals surface area (Å²) >= 11 is 0. The van der Waals surface area contributed by atoms with Crippen molar-refractivity contribution in [1.82, 2.24) is 29.0 Å². The van der Waals surface area contributed by atoms with E-state index in [1.54, 1.807) is 4.57 Å². The van der Waals surface area contributed by atoms with E-state index in [9.17, 15) is 4.79 Å². The number of nitrogens with zero attached hydrogens (tertiary/aromatic N) is 6. The molecule has 8 heteroatoms. The van der Waals surface area contributed by atoms with Gasteiger partial charge < -0.3 is 4.74 Å². The largest absolute Gasteiger partial charge is 0.373 e. The molecule has 32 heavy (non-hydrogen) atoms. The molecule has 1 saturated heterocycles. The molecule has 2 unspecified atom stereocenters. The van der Waals surface area contributed by atoms with Crippen LogP contribution in [0.1, 0.15) is 36.1 Å². The molecule has 5 rings (SSSR count). The van der Waals surface area contributed by atoms with Crippen molar-refractivity contribution in [2.24, 2.45) is 0 Å². The maximum Gasteiger partial charge on any atom is 0.352 e. The molecule has 0 spiro atoms. The van der Waals surface area contributed by atoms with Gasteiger partial charge in [0.15, 0.2) is 5.65 Å². The Bertz CT molecular complexity index is 1350. The smallest absolute Gasteiger partial charge is 0.352 e. The second-order valence-electron chi connectivity index (χ2n) is 8.96. The number of aromatic nitrogens is 5. The number of hydrogen-bond donors (Lipinski definition) is 0. The lowest BCUT2D eigenvalue weighted by atomic mass is 10.1. The van der Waals surface area contributed by atoms with Gasteiger partial charge in [-0.15, -0.1) is 0 Å². The second kappa shape index (κ2) is 8.11. The predicted molar refractivity (Wildman–Crippen MR) is 123 cm³/mol. The van der Waals surface area contributed by atoms with Crippen LogP contribution in [-0.4, -0.2) is 54.3 Å². The number of aryl methyl sites for hydroxylation is 2. The van der Waals surface area contributed by atoms with E-state index in [4.69, 9.17) is 9.72 Å². The van der Waals surface area contributed by atoms with Gasteiger partial charge in [-0.2, -0.15) is 9.61 Å². The van der Waals surface area contributed by atoms with Crippen LogP contribution in [0.25, 0.3) is 16.7 Å². The van der Waals surface area contributed by atoms with Crippen LogP contribution >= 0.6 is 0 Å². The van der Waals surface area contributed by atoms with Gasteiger partial charge in [0.1, 0.15) is 12.0 Å². The van der Waals surface area contributed by atoms with Crippen molar-refractivity contribution in [2.75, 3.05) is 13.1 Å². The summed E-state index contributed by atoms with van der Waals surface area (Å²) in [6.45, 7) is 11.3. The number of ether oxygens (including phenoxy) is 1. The summed E-state index contributed by atoms with van der Waals surface area (Å²) in [6.07, 6.45) is 3.71. The lowest BCUT2D eigenvalue weighted by molar-refractivity contribution is -0.0705. The number of benzene rings is 1. The van der Waals surface area contributed by atoms with Crippen LogP contribution < -0.4 is 5.69 Å². The summed E-state index contributed by atoms with van der Waals surface area (Å²) in [5, 5.41) is 5.02. The van der Waals surface area contributed by atoms with E-state index in [2.05, 4.69) is 66.9 Å². The van der Waals surface area contributed by atoms with E-state index >= 15 is 0 Å². The minimum absolute atomic E-state index is 0.207. The molecule has 1 aliphatic rings. The Morgan fingerprint density at radius 2 is 1.81 bits per heavy atom. The first-order valence-corrected chi connectivity index (χ1v) is 11.0. The monoisotopic (exact) mass is 432 g/mol. The number of rotatable bonds is 4. The van der Waals surface area contributed by atoms with Crippen molar-refractivity contribution in [3.63, 3.8) is 0 Å². The van der Waals surface area contributed by atoms with Crippen LogP contribution in [0.2, 0.25) is 0 Å². The van der Waals surface area contributed by atoms with E-state index < -0.39 is 0 Å². The molecule has 1 fully saturated rings. The average molecular weight is 433 g/mol. The van der Waals surface area contributed by atoms with Crippen molar-refractivity contribution >= 4 is 16.7 Å². The van der Waals surface area contributed by atoms with Crippen LogP contribution in [-0.2, 0) is 17.8 Å². The van der Waals surface area contributed by atoms with Gasteiger partial charge in [-0.25, -0.2) is 14.8 Å². The molecule has 166 valence electrons. The molecule has 4 aromatic rings. The number of hydrogen-bond acceptors (Lipinski definition) is 6. The summed E-state index contributed by atoms with van der Waals surface area (Å²) in [7, 11) is 0. The van der Waals surface area contributed by atoms with Crippen molar-refractivity contribution in [3.05, 3.63) is 69.5 Å². The third-order valence-electron chi connectivity index (χ3n) is 6.11. The Labute approximate surface area is 186 Å². The molecule has 0 radical (unpaired) electrons. The molecule has 0 saturated carbocycles. The number of morpholine rings is 1. The standard InChI is InChI=1S/C24H28N6O2/c1-15-5-6-20(16(2)7-15)13-29-22-21(23-26-14-27-30(23)24(29)31)8-19(9-25-22)12-28-10-17(3)32-18(4)11-28/h5-9,14,17-18H,10-13H2,1-4H3. The van der Waals surface area contributed by atoms with E-state index in [1.807, 2.05) is 6.20 Å². The van der Waals surface area contributed by atoms with Crippen LogP contribution in [0.5, 0.6) is 0 Å². The first kappa shape index (κ1) is 20.8. The third kappa shape index (κ3) is 3.80. The van der Waals surface area contributed by atoms with Crippen LogP contribution in [0.15, 0.2) is 41.6 Å². The highest BCUT2D eigenvalue weighted by atomic mass is 16.5. The maximum atomic E-state index is 13.2. The molecular weight excluding hydrogens is 404 g/mol. The maximum absolute atomic E-state index is 13.2. The van der Waals surface area contributed by atoms with E-state index in [1.165, 1.54) is 16.4 Å². The average Bonchev–Trinajstić information content (AvgIpc) is 3.22. The van der Waals surface area contributed by atoms with Gasteiger partial charge in [0, 0.05) is 25.8 Å². The normalized spacial score (nSPS) is 19.8. The van der Waals surface area contributed by atoms with Gasteiger partial charge >= 0.3 is 5.69 Å². The second-order valence-corrected chi connectivity index (χ2v) is 8.96. The van der Waals surface area contributed by atoms with Gasteiger partial charge in [-0.3, -0.25) is 9.47 Å². The summed E-state index contributed by atoms with van der Waals surface area (Å²) in [5.41, 5.74) is 5.45. The number of pyridine rings is 1. The SMILES string of the molecule is Cc1ccc(Cn2c(=O)n3ncnc3c3cc(CN4CC(C)OC(C)C4)cnc32)c(C)c1. The Kier molecular flexibility index (Phi) is 5.27. The fourth-order valence-electron chi connectivity index (χ4n) is 4.74. The molecule has 2 atom stereocenters. The Balaban J connectivity index is 1.58. The third-order valence-corrected chi connectivity index (χ3v) is 6.11. The van der Waals surface area contributed by atoms with Crippen molar-refractivity contribution in [2.45, 2.75) is 53.0 Å². The summed E-state index contributed by atoms with van der Waals surface area (Å²) in [6, 6.07) is 8.37. The minimum Gasteiger partial charge on any atom is -0.373 e. The molecule has 0 N–H and O–H groups in total. The highest BCUT2D eigenvalue weighted by molar-refractivity contribution is 5.89. The quantitative estimate of drug-likeness (QED) is 0.494. The Morgan fingerprint density at radius 3 is 2.56 bits per heavy atom. The molecule has 0 bridgehead atoms. The number of fused-ring (bicyclic) bond motifs is 3. The molecule has 4 heterocycles. The fourth-order valence-corrected chi connectivity index (χ4v) is 4.74. The van der Waals surface area contributed by atoms with Crippen molar-refractivity contribution in [1.29, 1.82) is 0 Å². The summed E-state index contributed by atoms with van der Waals surface area (Å²) in [4.78, 5) is 24.7. The summed E-state index contributed by atoms with van der Waals surface area (Å²) < 4.78 is 8.92. The van der Waals surface area contributed by atoms with Crippen molar-refractivity contribution < 1.29 is 4.74 Å². The predicted octanol–water partition coefficient (Wildman–Crippen LogP) is 2.71. The molecule has 1 aromatic carbocycles. The van der Waals surface area contributed by atoms with E-state index in [-0.39, 0.29) is 17.9 Å². The Hall–Kier alpha value is -3.10. The molecule has 0 amide bonds. The van der Waals surface area contributed by atoms with Gasteiger partial charge in [0.2, 0.25) is 0 Å². The Morgan fingerprint density at radius 1 is 1.03 bits per heavy atom. The topological polar surface area (TPSA) is 77.5 Å². The lowest BCUT2D eigenvalue weighted by Crippen LogP contribution is -2.44.